The van der Waals surface area contributed by atoms with Gasteiger partial charge in [-0.15, -0.1) is 11.3 Å². The Morgan fingerprint density at radius 1 is 1.40 bits per heavy atom. The van der Waals surface area contributed by atoms with Crippen LogP contribution in [0.15, 0.2) is 16.7 Å². The number of carbonyl (C=O) groups excluding carboxylic acids is 1. The fourth-order valence-corrected chi connectivity index (χ4v) is 3.79. The van der Waals surface area contributed by atoms with Crippen molar-refractivity contribution in [3.8, 4) is 11.6 Å². The summed E-state index contributed by atoms with van der Waals surface area (Å²) in [4.78, 5) is 20.7. The second-order valence-electron chi connectivity index (χ2n) is 5.92. The first-order valence-electron chi connectivity index (χ1n) is 7.79. The molecule has 4 rings (SSSR count). The summed E-state index contributed by atoms with van der Waals surface area (Å²) in [5, 5.41) is 8.37. The number of nitrogens with zero attached hydrogens (tertiary/aromatic N) is 5. The predicted octanol–water partition coefficient (Wildman–Crippen LogP) is 2.14. The summed E-state index contributed by atoms with van der Waals surface area (Å²) in [6.07, 6.45) is 0. The molecule has 9 heteroatoms. The van der Waals surface area contributed by atoms with Gasteiger partial charge >= 0.3 is 0 Å². The number of hydrogen-bond acceptors (Lipinski definition) is 7. The van der Waals surface area contributed by atoms with E-state index in [4.69, 9.17) is 9.26 Å². The molecular weight excluding hydrogens is 342 g/mol. The second kappa shape index (κ2) is 6.08. The van der Waals surface area contributed by atoms with Crippen molar-refractivity contribution in [2.24, 2.45) is 7.05 Å². The molecule has 0 bridgehead atoms. The van der Waals surface area contributed by atoms with Gasteiger partial charge in [-0.05, 0) is 19.1 Å². The van der Waals surface area contributed by atoms with E-state index in [1.807, 2.05) is 31.0 Å². The van der Waals surface area contributed by atoms with Gasteiger partial charge in [-0.3, -0.25) is 9.48 Å². The van der Waals surface area contributed by atoms with Crippen molar-refractivity contribution in [1.29, 1.82) is 0 Å². The first-order chi connectivity index (χ1) is 12.1. The SMILES string of the molecule is COCc1noc(-c2nn(C)c3c2CN(C(=O)c2ccc(C)s2)C3)n1. The van der Waals surface area contributed by atoms with E-state index in [1.165, 1.54) is 11.3 Å². The molecular formula is C16H17N5O3S. The van der Waals surface area contributed by atoms with E-state index in [9.17, 15) is 4.79 Å². The van der Waals surface area contributed by atoms with E-state index in [0.717, 1.165) is 21.0 Å². The highest BCUT2D eigenvalue weighted by Gasteiger charge is 2.32. The molecule has 130 valence electrons. The minimum atomic E-state index is 0.0332. The highest BCUT2D eigenvalue weighted by molar-refractivity contribution is 7.13. The molecule has 4 heterocycles. The highest BCUT2D eigenvalue weighted by Crippen LogP contribution is 2.32. The lowest BCUT2D eigenvalue weighted by atomic mass is 10.2. The molecule has 0 atom stereocenters. The molecule has 1 aliphatic rings. The van der Waals surface area contributed by atoms with Gasteiger partial charge in [0, 0.05) is 24.6 Å². The first kappa shape index (κ1) is 16.0. The summed E-state index contributed by atoms with van der Waals surface area (Å²) in [6, 6.07) is 3.84. The Balaban J connectivity index is 1.62. The van der Waals surface area contributed by atoms with Crippen LogP contribution in [0.2, 0.25) is 0 Å². The van der Waals surface area contributed by atoms with Crippen molar-refractivity contribution in [2.45, 2.75) is 26.6 Å². The third-order valence-electron chi connectivity index (χ3n) is 4.15. The lowest BCUT2D eigenvalue weighted by Crippen LogP contribution is -2.25. The number of carbonyl (C=O) groups is 1. The molecule has 0 aromatic carbocycles. The number of thiophene rings is 1. The van der Waals surface area contributed by atoms with Crippen LogP contribution in [0.3, 0.4) is 0 Å². The fraction of sp³-hybridized carbons (Fsp3) is 0.375. The Hall–Kier alpha value is -2.52. The van der Waals surface area contributed by atoms with Gasteiger partial charge < -0.3 is 14.2 Å². The van der Waals surface area contributed by atoms with E-state index >= 15 is 0 Å². The number of aryl methyl sites for hydroxylation is 2. The smallest absolute Gasteiger partial charge is 0.278 e. The molecule has 8 nitrogen and oxygen atoms in total. The van der Waals surface area contributed by atoms with Crippen molar-refractivity contribution in [2.75, 3.05) is 7.11 Å². The van der Waals surface area contributed by atoms with Crippen molar-refractivity contribution in [1.82, 2.24) is 24.8 Å². The largest absolute Gasteiger partial charge is 0.377 e. The van der Waals surface area contributed by atoms with Crippen molar-refractivity contribution in [3.05, 3.63) is 39.0 Å². The van der Waals surface area contributed by atoms with Gasteiger partial charge in [0.25, 0.3) is 11.8 Å². The number of ether oxygens (including phenoxy) is 1. The summed E-state index contributed by atoms with van der Waals surface area (Å²) in [6.45, 7) is 3.28. The number of methoxy groups -OCH3 is 1. The zero-order valence-corrected chi connectivity index (χ0v) is 15.0. The van der Waals surface area contributed by atoms with Gasteiger partial charge in [0.05, 0.1) is 23.7 Å². The maximum atomic E-state index is 12.7. The monoisotopic (exact) mass is 359 g/mol. The van der Waals surface area contributed by atoms with Crippen LogP contribution < -0.4 is 0 Å². The van der Waals surface area contributed by atoms with Crippen LogP contribution in [0.25, 0.3) is 11.6 Å². The van der Waals surface area contributed by atoms with Gasteiger partial charge in [0.2, 0.25) is 0 Å². The fourth-order valence-electron chi connectivity index (χ4n) is 2.95. The lowest BCUT2D eigenvalue weighted by Gasteiger charge is -2.14. The van der Waals surface area contributed by atoms with Crippen LogP contribution in [0.5, 0.6) is 0 Å². The number of rotatable bonds is 4. The molecule has 0 unspecified atom stereocenters. The molecule has 0 N–H and O–H groups in total. The molecule has 0 aliphatic carbocycles. The molecule has 3 aromatic heterocycles. The zero-order valence-electron chi connectivity index (χ0n) is 14.1. The predicted molar refractivity (Wildman–Crippen MR) is 89.8 cm³/mol. The van der Waals surface area contributed by atoms with Crippen LogP contribution >= 0.6 is 11.3 Å². The van der Waals surface area contributed by atoms with Gasteiger partial charge in [-0.1, -0.05) is 5.16 Å². The summed E-state index contributed by atoms with van der Waals surface area (Å²) in [5.41, 5.74) is 2.57. The summed E-state index contributed by atoms with van der Waals surface area (Å²) < 4.78 is 12.1. The molecule has 0 saturated carbocycles. The van der Waals surface area contributed by atoms with Crippen LogP contribution in [0.1, 0.15) is 31.6 Å². The van der Waals surface area contributed by atoms with Crippen LogP contribution in [0.4, 0.5) is 0 Å². The Kier molecular flexibility index (Phi) is 3.89. The summed E-state index contributed by atoms with van der Waals surface area (Å²) >= 11 is 1.51. The standard InChI is InChI=1S/C16H17N5O3S/c1-9-4-5-12(25-9)16(22)21-6-10-11(7-21)20(2)18-14(10)15-17-13(8-23-3)19-24-15/h4-5H,6-8H2,1-3H3. The Labute approximate surface area is 148 Å². The van der Waals surface area contributed by atoms with Crippen LogP contribution in [0, 0.1) is 6.92 Å². The minimum absolute atomic E-state index is 0.0332. The third kappa shape index (κ3) is 2.75. The van der Waals surface area contributed by atoms with E-state index in [1.54, 1.807) is 11.8 Å². The van der Waals surface area contributed by atoms with Gasteiger partial charge in [0.15, 0.2) is 11.5 Å². The Morgan fingerprint density at radius 3 is 2.96 bits per heavy atom. The molecule has 1 amide bonds. The first-order valence-corrected chi connectivity index (χ1v) is 8.61. The summed E-state index contributed by atoms with van der Waals surface area (Å²) in [5.74, 6) is 0.855. The summed E-state index contributed by atoms with van der Waals surface area (Å²) in [7, 11) is 3.43. The average Bonchev–Trinajstić information content (AvgIpc) is 3.33. The molecule has 25 heavy (non-hydrogen) atoms. The highest BCUT2D eigenvalue weighted by atomic mass is 32.1. The van der Waals surface area contributed by atoms with E-state index in [0.29, 0.717) is 30.5 Å². The maximum Gasteiger partial charge on any atom is 0.278 e. The Bertz CT molecular complexity index is 942. The quantitative estimate of drug-likeness (QED) is 0.709. The van der Waals surface area contributed by atoms with Crippen LogP contribution in [-0.2, 0) is 31.5 Å². The third-order valence-corrected chi connectivity index (χ3v) is 5.14. The molecule has 1 aliphatic heterocycles. The van der Waals surface area contributed by atoms with Crippen molar-refractivity contribution >= 4 is 17.2 Å². The average molecular weight is 359 g/mol. The topological polar surface area (TPSA) is 86.3 Å². The van der Waals surface area contributed by atoms with Gasteiger partial charge in [-0.25, -0.2) is 0 Å². The van der Waals surface area contributed by atoms with Gasteiger partial charge in [-0.2, -0.15) is 10.1 Å². The van der Waals surface area contributed by atoms with Crippen molar-refractivity contribution < 1.29 is 14.1 Å². The van der Waals surface area contributed by atoms with E-state index in [2.05, 4.69) is 15.2 Å². The van der Waals surface area contributed by atoms with E-state index in [-0.39, 0.29) is 12.5 Å². The maximum absolute atomic E-state index is 12.7. The van der Waals surface area contributed by atoms with Gasteiger partial charge in [0.1, 0.15) is 6.61 Å². The van der Waals surface area contributed by atoms with E-state index < -0.39 is 0 Å². The van der Waals surface area contributed by atoms with Crippen LogP contribution in [-0.4, -0.2) is 37.8 Å². The molecule has 0 radical (unpaired) electrons. The number of fused-ring (bicyclic) bond motifs is 1. The minimum Gasteiger partial charge on any atom is -0.377 e. The molecule has 0 fully saturated rings. The second-order valence-corrected chi connectivity index (χ2v) is 7.21. The number of amides is 1. The Morgan fingerprint density at radius 2 is 2.24 bits per heavy atom. The molecule has 0 spiro atoms. The molecule has 3 aromatic rings. The normalized spacial score (nSPS) is 13.5. The zero-order chi connectivity index (χ0) is 17.6. The van der Waals surface area contributed by atoms with Crippen molar-refractivity contribution in [3.63, 3.8) is 0 Å². The lowest BCUT2D eigenvalue weighted by molar-refractivity contribution is 0.0753. The number of hydrogen-bond donors (Lipinski definition) is 0. The number of aromatic nitrogens is 4. The molecule has 0 saturated heterocycles.